The number of hydrogen-bond donors (Lipinski definition) is 4. The summed E-state index contributed by atoms with van der Waals surface area (Å²) >= 11 is 0. The van der Waals surface area contributed by atoms with E-state index in [0.717, 1.165) is 0 Å². The van der Waals surface area contributed by atoms with Crippen molar-refractivity contribution in [3.05, 3.63) is 46.2 Å². The Kier molecular flexibility index (Phi) is 5.77. The van der Waals surface area contributed by atoms with E-state index >= 15 is 0 Å². The van der Waals surface area contributed by atoms with Crippen molar-refractivity contribution in [3.63, 3.8) is 0 Å². The number of anilines is 1. The lowest BCUT2D eigenvalue weighted by Gasteiger charge is -2.15. The van der Waals surface area contributed by atoms with Gasteiger partial charge in [-0.1, -0.05) is 12.1 Å². The molecule has 0 atom stereocenters. The second-order valence-corrected chi connectivity index (χ2v) is 7.11. The van der Waals surface area contributed by atoms with Gasteiger partial charge in [0, 0.05) is 18.2 Å². The van der Waals surface area contributed by atoms with Gasteiger partial charge in [0.2, 0.25) is 5.91 Å². The molecule has 0 unspecified atom stereocenters. The standard InChI is InChI=1S/C20H21N5O6/c1-10(2)24-20(31)17(19(30)21-9-16(27)28)18(29)15-8-14(23-25(15)24)12-4-6-13(7-5-12)22-11(3)26/h4-8,10,29H,9H2,1-3H3,(H,21,30)(H,22,26)(H,27,28). The first-order valence-corrected chi connectivity index (χ1v) is 9.35. The third-order valence-electron chi connectivity index (χ3n) is 4.41. The highest BCUT2D eigenvalue weighted by molar-refractivity contribution is 6.00. The monoisotopic (exact) mass is 427 g/mol. The van der Waals surface area contributed by atoms with E-state index in [9.17, 15) is 24.3 Å². The highest BCUT2D eigenvalue weighted by atomic mass is 16.4. The Morgan fingerprint density at radius 1 is 1.16 bits per heavy atom. The molecule has 0 saturated heterocycles. The Morgan fingerprint density at radius 3 is 2.35 bits per heavy atom. The Hall–Kier alpha value is -4.15. The fourth-order valence-corrected chi connectivity index (χ4v) is 3.10. The predicted molar refractivity (Wildman–Crippen MR) is 111 cm³/mol. The molecule has 0 radical (unpaired) electrons. The predicted octanol–water partition coefficient (Wildman–Crippen LogP) is 1.22. The van der Waals surface area contributed by atoms with E-state index < -0.39 is 41.3 Å². The van der Waals surface area contributed by atoms with Gasteiger partial charge in [0.15, 0.2) is 11.3 Å². The molecule has 1 aromatic carbocycles. The lowest BCUT2D eigenvalue weighted by Crippen LogP contribution is -2.38. The van der Waals surface area contributed by atoms with E-state index in [-0.39, 0.29) is 11.4 Å². The molecule has 0 saturated carbocycles. The number of carbonyl (C=O) groups is 3. The maximum absolute atomic E-state index is 12.9. The van der Waals surface area contributed by atoms with Crippen molar-refractivity contribution in [1.29, 1.82) is 0 Å². The molecule has 11 heteroatoms. The van der Waals surface area contributed by atoms with E-state index in [1.54, 1.807) is 38.1 Å². The number of aromatic hydroxyl groups is 1. The number of hydrogen-bond acceptors (Lipinski definition) is 6. The van der Waals surface area contributed by atoms with Crippen molar-refractivity contribution in [3.8, 4) is 17.0 Å². The van der Waals surface area contributed by atoms with E-state index in [0.29, 0.717) is 16.9 Å². The van der Waals surface area contributed by atoms with Crippen LogP contribution in [-0.4, -0.2) is 49.0 Å². The first kappa shape index (κ1) is 21.6. The highest BCUT2D eigenvalue weighted by Crippen LogP contribution is 2.28. The van der Waals surface area contributed by atoms with Crippen molar-refractivity contribution < 1.29 is 24.6 Å². The summed E-state index contributed by atoms with van der Waals surface area (Å²) in [5.74, 6) is -3.09. The van der Waals surface area contributed by atoms with E-state index in [2.05, 4.69) is 15.7 Å². The summed E-state index contributed by atoms with van der Waals surface area (Å²) in [6, 6.07) is 7.87. The lowest BCUT2D eigenvalue weighted by molar-refractivity contribution is -0.135. The molecule has 162 valence electrons. The lowest BCUT2D eigenvalue weighted by atomic mass is 10.1. The van der Waals surface area contributed by atoms with E-state index in [4.69, 9.17) is 5.11 Å². The third kappa shape index (κ3) is 4.25. The Balaban J connectivity index is 2.15. The molecule has 3 rings (SSSR count). The van der Waals surface area contributed by atoms with Gasteiger partial charge in [0.1, 0.15) is 12.1 Å². The molecule has 31 heavy (non-hydrogen) atoms. The smallest absolute Gasteiger partial charge is 0.322 e. The summed E-state index contributed by atoms with van der Waals surface area (Å²) in [5, 5.41) is 28.6. The number of carboxylic acid groups (broad SMARTS) is 1. The minimum absolute atomic E-state index is 0.106. The summed E-state index contributed by atoms with van der Waals surface area (Å²) in [4.78, 5) is 47.2. The van der Waals surface area contributed by atoms with Crippen LogP contribution in [0.15, 0.2) is 35.1 Å². The van der Waals surface area contributed by atoms with Gasteiger partial charge in [0.05, 0.1) is 11.7 Å². The average molecular weight is 427 g/mol. The summed E-state index contributed by atoms with van der Waals surface area (Å²) < 4.78 is 2.41. The normalized spacial score (nSPS) is 11.0. The molecule has 2 aromatic heterocycles. The zero-order valence-corrected chi connectivity index (χ0v) is 17.0. The first-order chi connectivity index (χ1) is 14.6. The van der Waals surface area contributed by atoms with Gasteiger partial charge in [-0.2, -0.15) is 9.73 Å². The summed E-state index contributed by atoms with van der Waals surface area (Å²) in [5.41, 5.74) is 0.404. The number of carboxylic acids is 1. The zero-order chi connectivity index (χ0) is 22.9. The number of amides is 2. The number of benzene rings is 1. The van der Waals surface area contributed by atoms with Gasteiger partial charge in [0.25, 0.3) is 11.5 Å². The molecule has 0 aliphatic rings. The van der Waals surface area contributed by atoms with Gasteiger partial charge in [-0.3, -0.25) is 19.2 Å². The minimum atomic E-state index is -1.28. The number of aliphatic carboxylic acids is 1. The van der Waals surface area contributed by atoms with Gasteiger partial charge in [-0.15, -0.1) is 0 Å². The summed E-state index contributed by atoms with van der Waals surface area (Å²) in [7, 11) is 0. The molecule has 0 aliphatic heterocycles. The van der Waals surface area contributed by atoms with Crippen LogP contribution in [0.1, 0.15) is 37.2 Å². The zero-order valence-electron chi connectivity index (χ0n) is 17.0. The van der Waals surface area contributed by atoms with Crippen LogP contribution in [-0.2, 0) is 9.59 Å². The molecule has 4 N–H and O–H groups in total. The third-order valence-corrected chi connectivity index (χ3v) is 4.41. The number of carbonyl (C=O) groups excluding carboxylic acids is 2. The van der Waals surface area contributed by atoms with Gasteiger partial charge < -0.3 is 20.8 Å². The fraction of sp³-hybridized carbons (Fsp3) is 0.250. The van der Waals surface area contributed by atoms with Crippen molar-refractivity contribution in [2.45, 2.75) is 26.8 Å². The van der Waals surface area contributed by atoms with Crippen molar-refractivity contribution >= 4 is 29.0 Å². The molecular weight excluding hydrogens is 406 g/mol. The Bertz CT molecular complexity index is 1240. The second kappa shape index (κ2) is 8.30. The van der Waals surface area contributed by atoms with Crippen LogP contribution in [0.2, 0.25) is 0 Å². The van der Waals surface area contributed by atoms with Gasteiger partial charge in [-0.05, 0) is 32.0 Å². The van der Waals surface area contributed by atoms with Crippen LogP contribution in [0.25, 0.3) is 16.8 Å². The number of rotatable bonds is 6. The molecule has 0 fully saturated rings. The summed E-state index contributed by atoms with van der Waals surface area (Å²) in [6.07, 6.45) is 0. The molecule has 2 heterocycles. The average Bonchev–Trinajstić information content (AvgIpc) is 3.11. The second-order valence-electron chi connectivity index (χ2n) is 7.11. The van der Waals surface area contributed by atoms with Crippen molar-refractivity contribution in [2.24, 2.45) is 0 Å². The van der Waals surface area contributed by atoms with Crippen molar-refractivity contribution in [1.82, 2.24) is 19.7 Å². The summed E-state index contributed by atoms with van der Waals surface area (Å²) in [6.45, 7) is 4.12. The first-order valence-electron chi connectivity index (χ1n) is 9.35. The van der Waals surface area contributed by atoms with E-state index in [1.807, 2.05) is 0 Å². The molecule has 2 amide bonds. The van der Waals surface area contributed by atoms with Gasteiger partial charge in [-0.25, -0.2) is 4.68 Å². The molecular formula is C20H21N5O6. The van der Waals surface area contributed by atoms with E-state index in [1.165, 1.54) is 22.3 Å². The maximum Gasteiger partial charge on any atom is 0.322 e. The molecule has 3 aromatic rings. The van der Waals surface area contributed by atoms with Crippen molar-refractivity contribution in [2.75, 3.05) is 11.9 Å². The largest absolute Gasteiger partial charge is 0.505 e. The van der Waals surface area contributed by atoms with Gasteiger partial charge >= 0.3 is 5.97 Å². The fourth-order valence-electron chi connectivity index (χ4n) is 3.10. The quantitative estimate of drug-likeness (QED) is 0.461. The highest BCUT2D eigenvalue weighted by Gasteiger charge is 2.25. The van der Waals surface area contributed by atoms with Crippen LogP contribution in [0.5, 0.6) is 5.75 Å². The number of fused-ring (bicyclic) bond motifs is 1. The molecule has 0 bridgehead atoms. The van der Waals surface area contributed by atoms with Crippen LogP contribution < -0.4 is 16.2 Å². The van der Waals surface area contributed by atoms with Crippen LogP contribution in [0.3, 0.4) is 0 Å². The maximum atomic E-state index is 12.9. The number of nitrogens with one attached hydrogen (secondary N) is 2. The Labute approximate surface area is 175 Å². The SMILES string of the molecule is CC(=O)Nc1ccc(-c2cc3c(O)c(C(=O)NCC(=O)O)c(=O)n(C(C)C)n3n2)cc1. The topological polar surface area (TPSA) is 155 Å². The van der Waals surface area contributed by atoms with Crippen LogP contribution in [0, 0.1) is 0 Å². The Morgan fingerprint density at radius 2 is 1.81 bits per heavy atom. The number of aromatic nitrogens is 3. The number of nitrogens with zero attached hydrogens (tertiary/aromatic N) is 3. The minimum Gasteiger partial charge on any atom is -0.505 e. The molecule has 0 aliphatic carbocycles. The molecule has 11 nitrogen and oxygen atoms in total. The van der Waals surface area contributed by atoms with Crippen LogP contribution in [0.4, 0.5) is 5.69 Å². The molecule has 0 spiro atoms. The van der Waals surface area contributed by atoms with Crippen LogP contribution >= 0.6 is 0 Å².